The normalized spacial score (nSPS) is 5.00. The van der Waals surface area contributed by atoms with Crippen LogP contribution in [0.25, 0.3) is 0 Å². The molecular weight excluding hydrogens is 223 g/mol. The molecule has 0 aromatic carbocycles. The van der Waals surface area contributed by atoms with Crippen molar-refractivity contribution in [1.29, 1.82) is 0 Å². The molecule has 0 aromatic rings. The second-order valence-corrected chi connectivity index (χ2v) is 8.45. The predicted molar refractivity (Wildman–Crippen MR) is 28.3 cm³/mol. The van der Waals surface area contributed by atoms with Gasteiger partial charge in [0.05, 0.1) is 0 Å². The summed E-state index contributed by atoms with van der Waals surface area (Å²) < 4.78 is 3.02. The van der Waals surface area contributed by atoms with Crippen molar-refractivity contribution >= 4 is 45.7 Å². The summed E-state index contributed by atoms with van der Waals surface area (Å²) in [5.41, 5.74) is 0. The molecule has 0 amide bonds. The second kappa shape index (κ2) is 5.24. The summed E-state index contributed by atoms with van der Waals surface area (Å²) in [4.78, 5) is 29.3. The fraction of sp³-hybridized carbons (Fsp3) is 0. The second-order valence-electron chi connectivity index (χ2n) is 0.927. The van der Waals surface area contributed by atoms with Crippen LogP contribution < -0.4 is 0 Å². The first-order chi connectivity index (χ1) is 3.81. The molecule has 0 fully saturated rings. The van der Waals surface area contributed by atoms with Crippen molar-refractivity contribution in [3.8, 4) is 0 Å². The molecule has 8 heavy (non-hydrogen) atoms. The summed E-state index contributed by atoms with van der Waals surface area (Å²) in [5.74, 6) is 0. The molecule has 36 valence electrons. The number of hydrogen-bond donors (Lipinski definition) is 0. The maximum absolute atomic E-state index is 10.3. The fourth-order valence-electron chi connectivity index (χ4n) is 0.158. The van der Waals surface area contributed by atoms with Gasteiger partial charge in [0.1, 0.15) is 0 Å². The zero-order valence-electron chi connectivity index (χ0n) is 3.88. The third-order valence-electron chi connectivity index (χ3n) is 0.402. The Labute approximate surface area is 60.0 Å². The average Bonchev–Trinajstić information content (AvgIpc) is 1.68. The summed E-state index contributed by atoms with van der Waals surface area (Å²) in [6, 6.07) is 0. The first kappa shape index (κ1) is 8.10. The third-order valence-corrected chi connectivity index (χ3v) is 5.72. The van der Waals surface area contributed by atoms with E-state index in [4.69, 9.17) is 0 Å². The molecule has 0 aromatic heterocycles. The molecule has 0 spiro atoms. The van der Waals surface area contributed by atoms with Gasteiger partial charge in [-0.1, -0.05) is 0 Å². The van der Waals surface area contributed by atoms with Gasteiger partial charge in [-0.2, -0.15) is 0 Å². The van der Waals surface area contributed by atoms with Crippen LogP contribution in [0.4, 0.5) is 4.79 Å². The topological polar surface area (TPSA) is 51.2 Å². The summed E-state index contributed by atoms with van der Waals surface area (Å²) in [7, 11) is 0. The molecule has 0 aliphatic heterocycles. The number of rotatable bonds is 2. The molecule has 0 saturated heterocycles. The van der Waals surface area contributed by atoms with Crippen LogP contribution in [0.2, 0.25) is 0 Å². The van der Waals surface area contributed by atoms with Crippen molar-refractivity contribution in [2.75, 3.05) is 0 Å². The summed E-state index contributed by atoms with van der Waals surface area (Å²) in [5, 5.41) is 0. The van der Waals surface area contributed by atoms with E-state index in [1.54, 1.807) is 8.87 Å². The average molecular weight is 223 g/mol. The predicted octanol–water partition coefficient (Wildman–Crippen LogP) is -1.35. The third kappa shape index (κ3) is 4.27. The summed E-state index contributed by atoms with van der Waals surface area (Å²) in [6.07, 6.45) is 0. The first-order valence-corrected chi connectivity index (χ1v) is 6.61. The van der Waals surface area contributed by atoms with Crippen molar-refractivity contribution in [3.05, 3.63) is 0 Å². The first-order valence-electron chi connectivity index (χ1n) is 1.77. The minimum atomic E-state index is -1.44. The zero-order valence-corrected chi connectivity index (χ0v) is 8.72. The molecular formula is C3Ga2O3. The van der Waals surface area contributed by atoms with Crippen molar-refractivity contribution < 1.29 is 14.4 Å². The SMILES string of the molecule is O=[C]=[Ga][C](=O)[Ga]=[C]=O. The minimum absolute atomic E-state index is 0.123. The van der Waals surface area contributed by atoms with Crippen LogP contribution in [0.3, 0.4) is 0 Å². The van der Waals surface area contributed by atoms with Gasteiger partial charge in [-0.05, 0) is 0 Å². The molecule has 0 radical (unpaired) electrons. The van der Waals surface area contributed by atoms with E-state index in [1.165, 1.54) is 0 Å². The van der Waals surface area contributed by atoms with Crippen molar-refractivity contribution in [2.24, 2.45) is 0 Å². The van der Waals surface area contributed by atoms with E-state index < -0.39 is 33.9 Å². The van der Waals surface area contributed by atoms with Gasteiger partial charge in [-0.25, -0.2) is 0 Å². The molecule has 0 aliphatic rings. The van der Waals surface area contributed by atoms with E-state index in [1.807, 2.05) is 0 Å². The van der Waals surface area contributed by atoms with Crippen molar-refractivity contribution in [3.63, 3.8) is 0 Å². The molecule has 0 rings (SSSR count). The van der Waals surface area contributed by atoms with Crippen molar-refractivity contribution in [1.82, 2.24) is 0 Å². The van der Waals surface area contributed by atoms with Crippen LogP contribution >= 0.6 is 0 Å². The van der Waals surface area contributed by atoms with Crippen molar-refractivity contribution in [2.45, 2.75) is 0 Å². The Balaban J connectivity index is 4.04. The van der Waals surface area contributed by atoms with E-state index in [2.05, 4.69) is 0 Å². The molecule has 3 nitrogen and oxygen atoms in total. The van der Waals surface area contributed by atoms with Crippen LogP contribution in [0.15, 0.2) is 0 Å². The Morgan fingerprint density at radius 1 is 1.12 bits per heavy atom. The van der Waals surface area contributed by atoms with Crippen LogP contribution in [-0.2, 0) is 9.59 Å². The molecule has 0 unspecified atom stereocenters. The maximum atomic E-state index is 10.3. The molecule has 0 aliphatic carbocycles. The standard InChI is InChI=1S/3CO.2Ga/c3*1-2;;. The summed E-state index contributed by atoms with van der Waals surface area (Å²) in [6.45, 7) is 0. The molecule has 0 bridgehead atoms. The Kier molecular flexibility index (Phi) is 5.31. The molecule has 0 N–H and O–H groups in total. The van der Waals surface area contributed by atoms with Gasteiger partial charge in [0.25, 0.3) is 0 Å². The van der Waals surface area contributed by atoms with Gasteiger partial charge in [-0.3, -0.25) is 0 Å². The van der Waals surface area contributed by atoms with Crippen LogP contribution in [0.1, 0.15) is 0 Å². The fourth-order valence-corrected chi connectivity index (χ4v) is 3.21. The molecule has 0 atom stereocenters. The van der Waals surface area contributed by atoms with Crippen LogP contribution in [-0.4, -0.2) is 45.7 Å². The van der Waals surface area contributed by atoms with Crippen LogP contribution in [0.5, 0.6) is 0 Å². The summed E-state index contributed by atoms with van der Waals surface area (Å²) >= 11 is -2.87. The van der Waals surface area contributed by atoms with Crippen LogP contribution in [0, 0.1) is 0 Å². The number of hydrogen-bond acceptors (Lipinski definition) is 3. The Morgan fingerprint density at radius 2 is 1.50 bits per heavy atom. The van der Waals surface area contributed by atoms with Gasteiger partial charge in [0, 0.05) is 0 Å². The number of carbonyl (C=O) groups is 1. The van der Waals surface area contributed by atoms with E-state index in [0.29, 0.717) is 0 Å². The van der Waals surface area contributed by atoms with E-state index in [-0.39, 0.29) is 2.89 Å². The zero-order chi connectivity index (χ0) is 6.41. The Bertz CT molecular complexity index is 165. The quantitative estimate of drug-likeness (QED) is 0.544. The molecule has 0 heterocycles. The van der Waals surface area contributed by atoms with Gasteiger partial charge in [0.15, 0.2) is 0 Å². The monoisotopic (exact) mass is 222 g/mol. The van der Waals surface area contributed by atoms with E-state index in [9.17, 15) is 14.4 Å². The van der Waals surface area contributed by atoms with Gasteiger partial charge in [-0.15, -0.1) is 0 Å². The van der Waals surface area contributed by atoms with Gasteiger partial charge < -0.3 is 0 Å². The van der Waals surface area contributed by atoms with Gasteiger partial charge in [0.2, 0.25) is 0 Å². The Morgan fingerprint density at radius 3 is 1.75 bits per heavy atom. The van der Waals surface area contributed by atoms with Gasteiger partial charge >= 0.3 is 60.1 Å². The van der Waals surface area contributed by atoms with E-state index in [0.717, 1.165) is 0 Å². The molecule has 0 saturated carbocycles. The number of carbonyl (C=O) groups excluding carboxylic acids is 3. The Hall–Kier alpha value is 0.103. The molecule has 5 heteroatoms. The van der Waals surface area contributed by atoms with E-state index >= 15 is 0 Å².